The lowest BCUT2D eigenvalue weighted by atomic mass is 10.1. The molecule has 2 fully saturated rings. The van der Waals surface area contributed by atoms with Crippen molar-refractivity contribution in [3.05, 3.63) is 23.9 Å². The van der Waals surface area contributed by atoms with Gasteiger partial charge in [-0.05, 0) is 25.3 Å². The Hall–Kier alpha value is -1.13. The number of pyridine rings is 1. The lowest BCUT2D eigenvalue weighted by molar-refractivity contribution is 0.238. The Morgan fingerprint density at radius 3 is 3.00 bits per heavy atom. The van der Waals surface area contributed by atoms with E-state index in [1.165, 1.54) is 18.4 Å². The van der Waals surface area contributed by atoms with Gasteiger partial charge in [0.25, 0.3) is 0 Å². The Bertz CT molecular complexity index is 406. The molecule has 4 nitrogen and oxygen atoms in total. The number of rotatable bonds is 5. The summed E-state index contributed by atoms with van der Waals surface area (Å²) in [7, 11) is 0. The van der Waals surface area contributed by atoms with Gasteiger partial charge in [-0.3, -0.25) is 0 Å². The van der Waals surface area contributed by atoms with Crippen LogP contribution in [0.1, 0.15) is 24.8 Å². The largest absolute Gasteiger partial charge is 0.396 e. The predicted octanol–water partition coefficient (Wildman–Crippen LogP) is 1.15. The summed E-state index contributed by atoms with van der Waals surface area (Å²) in [4.78, 5) is 6.84. The maximum absolute atomic E-state index is 9.23. The number of anilines is 1. The van der Waals surface area contributed by atoms with Gasteiger partial charge < -0.3 is 15.3 Å². The first kappa shape index (κ1) is 11.9. The molecule has 1 aliphatic carbocycles. The van der Waals surface area contributed by atoms with E-state index in [-0.39, 0.29) is 0 Å². The second-order valence-electron chi connectivity index (χ2n) is 5.42. The molecule has 1 atom stereocenters. The Morgan fingerprint density at radius 1 is 1.39 bits per heavy atom. The van der Waals surface area contributed by atoms with Gasteiger partial charge in [0, 0.05) is 50.0 Å². The van der Waals surface area contributed by atoms with Crippen molar-refractivity contribution in [1.29, 1.82) is 0 Å². The number of aliphatic hydroxyl groups is 1. The Morgan fingerprint density at radius 2 is 2.28 bits per heavy atom. The quantitative estimate of drug-likeness (QED) is 0.819. The third kappa shape index (κ3) is 2.65. The van der Waals surface area contributed by atoms with Crippen LogP contribution in [0.3, 0.4) is 0 Å². The van der Waals surface area contributed by atoms with Gasteiger partial charge >= 0.3 is 0 Å². The summed E-state index contributed by atoms with van der Waals surface area (Å²) in [6.45, 7) is 3.15. The number of nitrogens with one attached hydrogen (secondary N) is 1. The number of aromatic nitrogens is 1. The maximum atomic E-state index is 9.23. The van der Waals surface area contributed by atoms with Gasteiger partial charge in [-0.15, -0.1) is 0 Å². The van der Waals surface area contributed by atoms with Crippen molar-refractivity contribution in [3.8, 4) is 0 Å². The van der Waals surface area contributed by atoms with Crippen LogP contribution in [0.5, 0.6) is 0 Å². The van der Waals surface area contributed by atoms with E-state index in [2.05, 4.69) is 21.3 Å². The van der Waals surface area contributed by atoms with Crippen LogP contribution in [0.4, 0.5) is 5.82 Å². The molecule has 1 unspecified atom stereocenters. The van der Waals surface area contributed by atoms with Crippen LogP contribution in [0.2, 0.25) is 0 Å². The van der Waals surface area contributed by atoms with Crippen LogP contribution in [-0.2, 0) is 6.54 Å². The van der Waals surface area contributed by atoms with Crippen molar-refractivity contribution in [2.45, 2.75) is 31.8 Å². The number of hydrogen-bond donors (Lipinski definition) is 2. The second kappa shape index (κ2) is 5.24. The minimum Gasteiger partial charge on any atom is -0.396 e. The van der Waals surface area contributed by atoms with Crippen molar-refractivity contribution >= 4 is 5.82 Å². The summed E-state index contributed by atoms with van der Waals surface area (Å²) < 4.78 is 0. The van der Waals surface area contributed by atoms with E-state index in [1.54, 1.807) is 0 Å². The highest BCUT2D eigenvalue weighted by Gasteiger charge is 2.25. The van der Waals surface area contributed by atoms with Gasteiger partial charge in [-0.2, -0.15) is 0 Å². The topological polar surface area (TPSA) is 48.4 Å². The molecule has 2 N–H and O–H groups in total. The van der Waals surface area contributed by atoms with Crippen LogP contribution in [-0.4, -0.2) is 35.8 Å². The first-order valence-corrected chi connectivity index (χ1v) is 6.90. The standard InChI is InChI=1S/C14H21N3O/c18-10-11-5-7-17(9-11)14-12(2-1-6-15-14)8-16-13-3-4-13/h1-2,6,11,13,16,18H,3-5,7-10H2. The zero-order valence-electron chi connectivity index (χ0n) is 10.7. The van der Waals surface area contributed by atoms with Crippen LogP contribution in [0, 0.1) is 5.92 Å². The van der Waals surface area contributed by atoms with Gasteiger partial charge in [-0.1, -0.05) is 6.07 Å². The Balaban J connectivity index is 1.69. The first-order valence-electron chi connectivity index (χ1n) is 6.90. The third-order valence-electron chi connectivity index (χ3n) is 3.87. The zero-order chi connectivity index (χ0) is 12.4. The van der Waals surface area contributed by atoms with E-state index in [0.717, 1.165) is 37.9 Å². The molecule has 18 heavy (non-hydrogen) atoms. The van der Waals surface area contributed by atoms with Crippen LogP contribution in [0.25, 0.3) is 0 Å². The molecule has 0 spiro atoms. The monoisotopic (exact) mass is 247 g/mol. The molecule has 98 valence electrons. The van der Waals surface area contributed by atoms with Gasteiger partial charge in [0.2, 0.25) is 0 Å². The number of aliphatic hydroxyl groups excluding tert-OH is 1. The molecule has 3 rings (SSSR count). The van der Waals surface area contributed by atoms with Gasteiger partial charge in [0.1, 0.15) is 5.82 Å². The fraction of sp³-hybridized carbons (Fsp3) is 0.643. The molecule has 0 bridgehead atoms. The van der Waals surface area contributed by atoms with E-state index in [0.29, 0.717) is 12.5 Å². The maximum Gasteiger partial charge on any atom is 0.133 e. The molecule has 4 heteroatoms. The van der Waals surface area contributed by atoms with E-state index < -0.39 is 0 Å². The van der Waals surface area contributed by atoms with Gasteiger partial charge in [0.15, 0.2) is 0 Å². The smallest absolute Gasteiger partial charge is 0.133 e. The van der Waals surface area contributed by atoms with Crippen molar-refractivity contribution in [3.63, 3.8) is 0 Å². The average Bonchev–Trinajstić information content (AvgIpc) is 3.12. The molecule has 0 aromatic carbocycles. The fourth-order valence-corrected chi connectivity index (χ4v) is 2.57. The molecule has 1 saturated carbocycles. The first-order chi connectivity index (χ1) is 8.86. The fourth-order valence-electron chi connectivity index (χ4n) is 2.57. The lowest BCUT2D eigenvalue weighted by Gasteiger charge is -2.20. The van der Waals surface area contributed by atoms with Crippen LogP contribution < -0.4 is 10.2 Å². The van der Waals surface area contributed by atoms with Crippen molar-refractivity contribution in [2.75, 3.05) is 24.6 Å². The molecule has 2 heterocycles. The summed E-state index contributed by atoms with van der Waals surface area (Å²) in [5.41, 5.74) is 1.28. The summed E-state index contributed by atoms with van der Waals surface area (Å²) in [6.07, 6.45) is 5.56. The number of nitrogens with zero attached hydrogens (tertiary/aromatic N) is 2. The molecule has 2 aliphatic rings. The highest BCUT2D eigenvalue weighted by atomic mass is 16.3. The molecular weight excluding hydrogens is 226 g/mol. The van der Waals surface area contributed by atoms with Gasteiger partial charge in [-0.25, -0.2) is 4.98 Å². The summed E-state index contributed by atoms with van der Waals surface area (Å²) >= 11 is 0. The Labute approximate surface area is 108 Å². The van der Waals surface area contributed by atoms with Crippen LogP contribution in [0.15, 0.2) is 18.3 Å². The van der Waals surface area contributed by atoms with Crippen LogP contribution >= 0.6 is 0 Å². The van der Waals surface area contributed by atoms with Gasteiger partial charge in [0.05, 0.1) is 0 Å². The Kier molecular flexibility index (Phi) is 3.48. The SMILES string of the molecule is OCC1CCN(c2ncccc2CNC2CC2)C1. The van der Waals surface area contributed by atoms with Crippen molar-refractivity contribution < 1.29 is 5.11 Å². The zero-order valence-corrected chi connectivity index (χ0v) is 10.7. The highest BCUT2D eigenvalue weighted by molar-refractivity contribution is 5.47. The highest BCUT2D eigenvalue weighted by Crippen LogP contribution is 2.26. The minimum absolute atomic E-state index is 0.291. The van der Waals surface area contributed by atoms with E-state index >= 15 is 0 Å². The van der Waals surface area contributed by atoms with E-state index in [9.17, 15) is 5.11 Å². The van der Waals surface area contributed by atoms with Crippen molar-refractivity contribution in [2.24, 2.45) is 5.92 Å². The molecular formula is C14H21N3O. The summed E-state index contributed by atoms with van der Waals surface area (Å²) in [6, 6.07) is 4.89. The molecule has 0 radical (unpaired) electrons. The molecule has 1 aliphatic heterocycles. The third-order valence-corrected chi connectivity index (χ3v) is 3.87. The minimum atomic E-state index is 0.291. The van der Waals surface area contributed by atoms with E-state index in [4.69, 9.17) is 0 Å². The lowest BCUT2D eigenvalue weighted by Crippen LogP contribution is -2.25. The predicted molar refractivity (Wildman–Crippen MR) is 71.5 cm³/mol. The molecule has 0 amide bonds. The summed E-state index contributed by atoms with van der Waals surface area (Å²) in [5.74, 6) is 1.51. The van der Waals surface area contributed by atoms with Crippen molar-refractivity contribution in [1.82, 2.24) is 10.3 Å². The molecule has 1 saturated heterocycles. The van der Waals surface area contributed by atoms with E-state index in [1.807, 2.05) is 12.3 Å². The number of hydrogen-bond acceptors (Lipinski definition) is 4. The molecule has 1 aromatic rings. The normalized spacial score (nSPS) is 23.6. The summed E-state index contributed by atoms with van der Waals surface area (Å²) in [5, 5.41) is 12.8. The molecule has 1 aromatic heterocycles. The average molecular weight is 247 g/mol. The second-order valence-corrected chi connectivity index (χ2v) is 5.42.